The first kappa shape index (κ1) is 16.3. The van der Waals surface area contributed by atoms with Crippen molar-refractivity contribution in [1.29, 1.82) is 0 Å². The van der Waals surface area contributed by atoms with Gasteiger partial charge in [0.1, 0.15) is 0 Å². The topological polar surface area (TPSA) is 83.8 Å². The van der Waals surface area contributed by atoms with Gasteiger partial charge < -0.3 is 5.11 Å². The highest BCUT2D eigenvalue weighted by Gasteiger charge is 2.69. The minimum Gasteiger partial charge on any atom is -0.361 e. The Labute approximate surface area is 88.5 Å². The predicted molar refractivity (Wildman–Crippen MR) is 34.6 cm³/mol. The maximum Gasteiger partial charge on any atom is 0.460 e. The fraction of sp³-hybridized carbons (Fsp3) is 1.00. The van der Waals surface area contributed by atoms with Gasteiger partial charge in [0.05, 0.1) is 0 Å². The maximum atomic E-state index is 12.3. The third-order valence-electron chi connectivity index (χ3n) is 1.20. The van der Waals surface area contributed by atoms with Crippen molar-refractivity contribution in [3.05, 3.63) is 0 Å². The highest BCUT2D eigenvalue weighted by Crippen LogP contribution is 2.41. The fourth-order valence-electron chi connectivity index (χ4n) is 0.426. The van der Waals surface area contributed by atoms with Crippen molar-refractivity contribution in [1.82, 2.24) is 0 Å². The van der Waals surface area contributed by atoms with E-state index in [2.05, 4.69) is 4.74 Å². The Balaban J connectivity index is 5.18. The molecule has 1 atom stereocenters. The second kappa shape index (κ2) is 4.22. The third-order valence-corrected chi connectivity index (χ3v) is 2.09. The van der Waals surface area contributed by atoms with Crippen LogP contribution in [-0.2, 0) is 14.9 Å². The standard InChI is InChI=1S/C4H3F7O5S/c5-2(6,7)1(12)16-3(8,9)4(10,11)17(13,14)15/h1,12H,(H,13,14,15). The van der Waals surface area contributed by atoms with Crippen molar-refractivity contribution < 1.29 is 53.5 Å². The van der Waals surface area contributed by atoms with E-state index >= 15 is 0 Å². The van der Waals surface area contributed by atoms with E-state index in [1.54, 1.807) is 0 Å². The summed E-state index contributed by atoms with van der Waals surface area (Å²) in [6, 6.07) is 0. The summed E-state index contributed by atoms with van der Waals surface area (Å²) in [4.78, 5) is 0. The molecule has 2 N–H and O–H groups in total. The Hall–Kier alpha value is -0.660. The lowest BCUT2D eigenvalue weighted by Gasteiger charge is -2.26. The van der Waals surface area contributed by atoms with E-state index in [0.29, 0.717) is 0 Å². The number of aliphatic hydroxyl groups excluding tert-OH is 1. The first-order valence-corrected chi connectivity index (χ1v) is 4.72. The molecule has 0 bridgehead atoms. The molecule has 0 fully saturated rings. The monoisotopic (exact) mass is 296 g/mol. The molecule has 0 rings (SSSR count). The van der Waals surface area contributed by atoms with Crippen molar-refractivity contribution in [2.45, 2.75) is 23.8 Å². The zero-order valence-electron chi connectivity index (χ0n) is 7.25. The first-order valence-electron chi connectivity index (χ1n) is 3.28. The van der Waals surface area contributed by atoms with Crippen LogP contribution in [0.5, 0.6) is 0 Å². The Morgan fingerprint density at radius 3 is 1.59 bits per heavy atom. The molecular formula is C4H3F7O5S. The predicted octanol–water partition coefficient (Wildman–Crippen LogP) is 0.957. The van der Waals surface area contributed by atoms with Crippen molar-refractivity contribution in [3.63, 3.8) is 0 Å². The molecule has 0 radical (unpaired) electrons. The summed E-state index contributed by atoms with van der Waals surface area (Å²) in [7, 11) is -6.74. The summed E-state index contributed by atoms with van der Waals surface area (Å²) in [6.45, 7) is 0. The van der Waals surface area contributed by atoms with E-state index in [-0.39, 0.29) is 0 Å². The van der Waals surface area contributed by atoms with Gasteiger partial charge in [0, 0.05) is 0 Å². The molecule has 0 aliphatic carbocycles. The Kier molecular flexibility index (Phi) is 4.06. The van der Waals surface area contributed by atoms with Crippen molar-refractivity contribution >= 4 is 10.1 Å². The van der Waals surface area contributed by atoms with Gasteiger partial charge in [-0.15, -0.1) is 0 Å². The molecule has 0 heterocycles. The van der Waals surface area contributed by atoms with Crippen LogP contribution in [0.1, 0.15) is 0 Å². The van der Waals surface area contributed by atoms with E-state index in [9.17, 15) is 39.2 Å². The average Bonchev–Trinajstić information content (AvgIpc) is 1.98. The number of halogens is 7. The van der Waals surface area contributed by atoms with Crippen LogP contribution in [0.4, 0.5) is 30.7 Å². The summed E-state index contributed by atoms with van der Waals surface area (Å²) in [5.41, 5.74) is 0. The van der Waals surface area contributed by atoms with Gasteiger partial charge in [0.15, 0.2) is 0 Å². The highest BCUT2D eigenvalue weighted by molar-refractivity contribution is 7.86. The molecule has 0 saturated heterocycles. The molecule has 1 unspecified atom stereocenters. The number of alkyl halides is 7. The van der Waals surface area contributed by atoms with Gasteiger partial charge >= 0.3 is 27.7 Å². The van der Waals surface area contributed by atoms with Crippen LogP contribution >= 0.6 is 0 Å². The van der Waals surface area contributed by atoms with Crippen LogP contribution < -0.4 is 0 Å². The Morgan fingerprint density at radius 1 is 1.00 bits per heavy atom. The number of aliphatic hydroxyl groups is 1. The molecule has 0 aromatic heterocycles. The molecule has 0 aliphatic heterocycles. The number of hydrogen-bond donors (Lipinski definition) is 2. The van der Waals surface area contributed by atoms with Crippen molar-refractivity contribution in [3.8, 4) is 0 Å². The fourth-order valence-corrected chi connectivity index (χ4v) is 0.774. The van der Waals surface area contributed by atoms with Crippen LogP contribution in [0.15, 0.2) is 0 Å². The summed E-state index contributed by atoms with van der Waals surface area (Å²) in [5, 5.41) is 1.56. The minimum absolute atomic E-state index is 2.20. The molecule has 5 nitrogen and oxygen atoms in total. The molecule has 13 heteroatoms. The van der Waals surface area contributed by atoms with Gasteiger partial charge in [-0.3, -0.25) is 9.29 Å². The van der Waals surface area contributed by atoms with Crippen LogP contribution in [0.25, 0.3) is 0 Å². The Morgan fingerprint density at radius 2 is 1.35 bits per heavy atom. The maximum absolute atomic E-state index is 12.3. The largest absolute Gasteiger partial charge is 0.460 e. The lowest BCUT2D eigenvalue weighted by molar-refractivity contribution is -0.410. The molecule has 0 aromatic carbocycles. The van der Waals surface area contributed by atoms with Gasteiger partial charge in [0.2, 0.25) is 0 Å². The zero-order chi connectivity index (χ0) is 14.3. The lowest BCUT2D eigenvalue weighted by atomic mass is 10.6. The smallest absolute Gasteiger partial charge is 0.361 e. The minimum atomic E-state index is -6.74. The van der Waals surface area contributed by atoms with E-state index in [4.69, 9.17) is 9.66 Å². The zero-order valence-corrected chi connectivity index (χ0v) is 8.07. The van der Waals surface area contributed by atoms with Gasteiger partial charge in [0.25, 0.3) is 6.29 Å². The lowest BCUT2D eigenvalue weighted by Crippen LogP contribution is -2.52. The van der Waals surface area contributed by atoms with Crippen molar-refractivity contribution in [2.24, 2.45) is 0 Å². The summed E-state index contributed by atoms with van der Waals surface area (Å²) in [6.07, 6.45) is -16.5. The van der Waals surface area contributed by atoms with E-state index in [1.807, 2.05) is 0 Å². The highest BCUT2D eigenvalue weighted by atomic mass is 32.2. The average molecular weight is 296 g/mol. The summed E-state index contributed by atoms with van der Waals surface area (Å²) < 4.78 is 113. The Bertz CT molecular complexity index is 372. The molecule has 104 valence electrons. The van der Waals surface area contributed by atoms with E-state index in [0.717, 1.165) is 0 Å². The molecule has 0 amide bonds. The van der Waals surface area contributed by atoms with Crippen molar-refractivity contribution in [2.75, 3.05) is 0 Å². The van der Waals surface area contributed by atoms with Crippen LogP contribution in [0, 0.1) is 0 Å². The second-order valence-electron chi connectivity index (χ2n) is 2.52. The molecular weight excluding hydrogens is 293 g/mol. The summed E-state index contributed by atoms with van der Waals surface area (Å²) >= 11 is 0. The number of hydrogen-bond acceptors (Lipinski definition) is 4. The van der Waals surface area contributed by atoms with E-state index < -0.39 is 33.9 Å². The third kappa shape index (κ3) is 3.40. The van der Waals surface area contributed by atoms with Gasteiger partial charge in [-0.05, 0) is 0 Å². The van der Waals surface area contributed by atoms with Gasteiger partial charge in [-0.1, -0.05) is 0 Å². The second-order valence-corrected chi connectivity index (χ2v) is 3.98. The quantitative estimate of drug-likeness (QED) is 0.458. The number of ether oxygens (including phenoxy) is 1. The molecule has 0 spiro atoms. The number of rotatable bonds is 4. The normalized spacial score (nSPS) is 17.0. The van der Waals surface area contributed by atoms with Crippen LogP contribution in [0.3, 0.4) is 0 Å². The SMILES string of the molecule is O=S(=O)(O)C(F)(F)C(F)(F)OC(O)C(F)(F)F. The van der Waals surface area contributed by atoms with Gasteiger partial charge in [-0.2, -0.15) is 39.2 Å². The summed E-state index contributed by atoms with van der Waals surface area (Å²) in [5.74, 6) is 0. The van der Waals surface area contributed by atoms with Crippen LogP contribution in [-0.4, -0.2) is 41.9 Å². The molecule has 0 aromatic rings. The van der Waals surface area contributed by atoms with Crippen LogP contribution in [0.2, 0.25) is 0 Å². The van der Waals surface area contributed by atoms with E-state index in [1.165, 1.54) is 0 Å². The molecule has 0 aliphatic rings. The molecule has 0 saturated carbocycles. The molecule has 17 heavy (non-hydrogen) atoms. The first-order chi connectivity index (χ1) is 7.13. The van der Waals surface area contributed by atoms with Gasteiger partial charge in [-0.25, -0.2) is 0 Å².